The number of nitrogens with one attached hydrogen (secondary N) is 1. The maximum Gasteiger partial charge on any atom is 0.168 e. The summed E-state index contributed by atoms with van der Waals surface area (Å²) in [4.78, 5) is 0. The van der Waals surface area contributed by atoms with E-state index < -0.39 is 0 Å². The number of benzene rings is 1. The summed E-state index contributed by atoms with van der Waals surface area (Å²) in [5, 5.41) is 3.22. The van der Waals surface area contributed by atoms with Crippen LogP contribution < -0.4 is 19.5 Å². The van der Waals surface area contributed by atoms with Gasteiger partial charge in [-0.25, -0.2) is 0 Å². The zero-order chi connectivity index (χ0) is 14.3. The SMILES string of the molecule is CNCCc1c2c(c(OC)c3c1OC(C)C3)OC(C)C2. The lowest BCUT2D eigenvalue weighted by molar-refractivity contribution is 0.242. The van der Waals surface area contributed by atoms with E-state index >= 15 is 0 Å². The number of ether oxygens (including phenoxy) is 3. The summed E-state index contributed by atoms with van der Waals surface area (Å²) in [5.41, 5.74) is 3.76. The van der Waals surface area contributed by atoms with Crippen LogP contribution in [-0.2, 0) is 19.3 Å². The number of methoxy groups -OCH3 is 1. The highest BCUT2D eigenvalue weighted by atomic mass is 16.5. The first-order valence-electron chi connectivity index (χ1n) is 7.38. The van der Waals surface area contributed by atoms with Gasteiger partial charge in [0, 0.05) is 29.5 Å². The van der Waals surface area contributed by atoms with E-state index in [1.54, 1.807) is 7.11 Å². The molecule has 0 radical (unpaired) electrons. The van der Waals surface area contributed by atoms with Crippen LogP contribution in [0.2, 0.25) is 0 Å². The summed E-state index contributed by atoms with van der Waals surface area (Å²) in [5.74, 6) is 2.88. The highest BCUT2D eigenvalue weighted by Crippen LogP contribution is 2.51. The van der Waals surface area contributed by atoms with Gasteiger partial charge < -0.3 is 19.5 Å². The molecule has 2 unspecified atom stereocenters. The minimum absolute atomic E-state index is 0.215. The molecule has 2 aliphatic heterocycles. The van der Waals surface area contributed by atoms with Crippen LogP contribution in [-0.4, -0.2) is 32.9 Å². The van der Waals surface area contributed by atoms with Crippen LogP contribution in [0.4, 0.5) is 0 Å². The van der Waals surface area contributed by atoms with E-state index in [1.807, 2.05) is 7.05 Å². The van der Waals surface area contributed by atoms with Gasteiger partial charge in [-0.1, -0.05) is 0 Å². The van der Waals surface area contributed by atoms with E-state index in [-0.39, 0.29) is 12.2 Å². The van der Waals surface area contributed by atoms with Crippen molar-refractivity contribution < 1.29 is 14.2 Å². The molecule has 0 aliphatic carbocycles. The molecule has 20 heavy (non-hydrogen) atoms. The molecule has 4 heteroatoms. The molecule has 1 aromatic carbocycles. The Balaban J connectivity index is 2.14. The number of hydrogen-bond donors (Lipinski definition) is 1. The molecule has 0 saturated heterocycles. The third-order valence-electron chi connectivity index (χ3n) is 4.12. The molecule has 110 valence electrons. The molecule has 0 amide bonds. The predicted octanol–water partition coefficient (Wildman–Crippen LogP) is 2.10. The average Bonchev–Trinajstić information content (AvgIpc) is 2.96. The minimum Gasteiger partial charge on any atom is -0.492 e. The van der Waals surface area contributed by atoms with Gasteiger partial charge in [0.1, 0.15) is 18.0 Å². The number of hydrogen-bond acceptors (Lipinski definition) is 4. The molecule has 1 N–H and O–H groups in total. The van der Waals surface area contributed by atoms with Crippen molar-refractivity contribution in [2.45, 2.75) is 45.3 Å². The molecule has 2 heterocycles. The first kappa shape index (κ1) is 13.6. The highest BCUT2D eigenvalue weighted by Gasteiger charge is 2.35. The van der Waals surface area contributed by atoms with Crippen LogP contribution in [0.25, 0.3) is 0 Å². The fraction of sp³-hybridized carbons (Fsp3) is 0.625. The van der Waals surface area contributed by atoms with E-state index in [9.17, 15) is 0 Å². The van der Waals surface area contributed by atoms with Gasteiger partial charge in [-0.05, 0) is 33.9 Å². The quantitative estimate of drug-likeness (QED) is 0.915. The number of likely N-dealkylation sites (N-methyl/N-ethyl adjacent to an activating group) is 1. The van der Waals surface area contributed by atoms with Crippen molar-refractivity contribution in [3.63, 3.8) is 0 Å². The van der Waals surface area contributed by atoms with Crippen molar-refractivity contribution in [3.8, 4) is 17.2 Å². The molecule has 0 saturated carbocycles. The van der Waals surface area contributed by atoms with E-state index in [0.717, 1.165) is 43.1 Å². The summed E-state index contributed by atoms with van der Waals surface area (Å²) in [6.45, 7) is 5.16. The van der Waals surface area contributed by atoms with Gasteiger partial charge in [-0.3, -0.25) is 0 Å². The largest absolute Gasteiger partial charge is 0.492 e. The maximum atomic E-state index is 6.07. The Kier molecular flexibility index (Phi) is 3.50. The fourth-order valence-corrected chi connectivity index (χ4v) is 3.29. The Hall–Kier alpha value is -1.42. The monoisotopic (exact) mass is 277 g/mol. The summed E-state index contributed by atoms with van der Waals surface area (Å²) in [6.07, 6.45) is 3.24. The Morgan fingerprint density at radius 1 is 1.10 bits per heavy atom. The molecule has 1 aromatic rings. The van der Waals surface area contributed by atoms with E-state index in [1.165, 1.54) is 16.7 Å². The van der Waals surface area contributed by atoms with Gasteiger partial charge >= 0.3 is 0 Å². The van der Waals surface area contributed by atoms with Crippen LogP contribution in [0.15, 0.2) is 0 Å². The van der Waals surface area contributed by atoms with Gasteiger partial charge in [-0.2, -0.15) is 0 Å². The van der Waals surface area contributed by atoms with Crippen molar-refractivity contribution >= 4 is 0 Å². The maximum absolute atomic E-state index is 6.07. The molecule has 2 aliphatic rings. The van der Waals surface area contributed by atoms with Crippen LogP contribution in [0.1, 0.15) is 30.5 Å². The molecule has 0 bridgehead atoms. The van der Waals surface area contributed by atoms with Crippen molar-refractivity contribution in [2.75, 3.05) is 20.7 Å². The Labute approximate surface area is 120 Å². The third kappa shape index (κ3) is 2.03. The first-order chi connectivity index (χ1) is 9.65. The van der Waals surface area contributed by atoms with Crippen molar-refractivity contribution in [1.29, 1.82) is 0 Å². The summed E-state index contributed by atoms with van der Waals surface area (Å²) < 4.78 is 17.7. The first-order valence-corrected chi connectivity index (χ1v) is 7.38. The van der Waals surface area contributed by atoms with Crippen molar-refractivity contribution in [1.82, 2.24) is 5.32 Å². The molecule has 3 rings (SSSR count). The lowest BCUT2D eigenvalue weighted by atomic mass is 9.95. The summed E-state index contributed by atoms with van der Waals surface area (Å²) >= 11 is 0. The zero-order valence-corrected chi connectivity index (χ0v) is 12.7. The van der Waals surface area contributed by atoms with Crippen LogP contribution in [0.5, 0.6) is 17.2 Å². The van der Waals surface area contributed by atoms with Crippen LogP contribution in [0.3, 0.4) is 0 Å². The molecule has 0 spiro atoms. The molecular weight excluding hydrogens is 254 g/mol. The molecule has 0 fully saturated rings. The van der Waals surface area contributed by atoms with Crippen molar-refractivity contribution in [3.05, 3.63) is 16.7 Å². The second-order valence-electron chi connectivity index (χ2n) is 5.75. The second kappa shape index (κ2) is 5.17. The summed E-state index contributed by atoms with van der Waals surface area (Å²) in [7, 11) is 3.70. The van der Waals surface area contributed by atoms with Gasteiger partial charge in [-0.15, -0.1) is 0 Å². The Morgan fingerprint density at radius 2 is 1.75 bits per heavy atom. The Bertz CT molecular complexity index is 488. The van der Waals surface area contributed by atoms with E-state index in [4.69, 9.17) is 14.2 Å². The smallest absolute Gasteiger partial charge is 0.168 e. The topological polar surface area (TPSA) is 39.7 Å². The zero-order valence-electron chi connectivity index (χ0n) is 12.7. The van der Waals surface area contributed by atoms with Gasteiger partial charge in [0.05, 0.1) is 7.11 Å². The molecular formula is C16H23NO3. The van der Waals surface area contributed by atoms with Crippen LogP contribution >= 0.6 is 0 Å². The van der Waals surface area contributed by atoms with Gasteiger partial charge in [0.25, 0.3) is 0 Å². The lowest BCUT2D eigenvalue weighted by Gasteiger charge is -2.16. The second-order valence-corrected chi connectivity index (χ2v) is 5.75. The number of rotatable bonds is 4. The normalized spacial score (nSPS) is 23.0. The third-order valence-corrected chi connectivity index (χ3v) is 4.12. The van der Waals surface area contributed by atoms with E-state index in [0.29, 0.717) is 0 Å². The fourth-order valence-electron chi connectivity index (χ4n) is 3.29. The molecule has 4 nitrogen and oxygen atoms in total. The number of fused-ring (bicyclic) bond motifs is 2. The predicted molar refractivity (Wildman–Crippen MR) is 78.2 cm³/mol. The van der Waals surface area contributed by atoms with E-state index in [2.05, 4.69) is 19.2 Å². The average molecular weight is 277 g/mol. The minimum atomic E-state index is 0.215. The molecule has 2 atom stereocenters. The summed E-state index contributed by atoms with van der Waals surface area (Å²) in [6, 6.07) is 0. The highest BCUT2D eigenvalue weighted by molar-refractivity contribution is 5.66. The lowest BCUT2D eigenvalue weighted by Crippen LogP contribution is -2.13. The Morgan fingerprint density at radius 3 is 2.40 bits per heavy atom. The standard InChI is InChI=1S/C16H23NO3/c1-9-7-12-11(5-6-17-3)14-13(8-10(2)19-14)15(18-4)16(12)20-9/h9-10,17H,5-8H2,1-4H3. The van der Waals surface area contributed by atoms with Gasteiger partial charge in [0.15, 0.2) is 11.5 Å². The van der Waals surface area contributed by atoms with Crippen LogP contribution in [0, 0.1) is 0 Å². The molecule has 0 aromatic heterocycles. The van der Waals surface area contributed by atoms with Gasteiger partial charge in [0.2, 0.25) is 0 Å². The van der Waals surface area contributed by atoms with Crippen molar-refractivity contribution in [2.24, 2.45) is 0 Å².